The second-order valence-electron chi connectivity index (χ2n) is 6.82. The van der Waals surface area contributed by atoms with Gasteiger partial charge in [-0.2, -0.15) is 10.5 Å². The molecule has 0 N–H and O–H groups in total. The van der Waals surface area contributed by atoms with E-state index in [0.717, 1.165) is 12.1 Å². The van der Waals surface area contributed by atoms with Gasteiger partial charge >= 0.3 is 0 Å². The maximum absolute atomic E-state index is 13.3. The minimum absolute atomic E-state index is 0.0619. The summed E-state index contributed by atoms with van der Waals surface area (Å²) < 4.78 is 52.7. The molecule has 2 aromatic rings. The van der Waals surface area contributed by atoms with Gasteiger partial charge in [-0.1, -0.05) is 28.1 Å². The van der Waals surface area contributed by atoms with Gasteiger partial charge in [0.1, 0.15) is 0 Å². The summed E-state index contributed by atoms with van der Waals surface area (Å²) in [6.45, 7) is 6.17. The molecule has 2 aromatic carbocycles. The SMILES string of the molecule is CC(C)(C#N)c1cc(Br)cc(F)c1F.CC(C)(C#N)c1cccc(F)c1F. The van der Waals surface area contributed by atoms with Gasteiger partial charge in [0.2, 0.25) is 0 Å². The van der Waals surface area contributed by atoms with E-state index in [-0.39, 0.29) is 11.1 Å². The normalized spacial score (nSPS) is 11.1. The average molecular weight is 441 g/mol. The van der Waals surface area contributed by atoms with Crippen molar-refractivity contribution in [2.75, 3.05) is 0 Å². The molecule has 0 bridgehead atoms. The molecule has 7 heteroatoms. The van der Waals surface area contributed by atoms with Crippen LogP contribution in [0.25, 0.3) is 0 Å². The molecule has 0 aliphatic carbocycles. The van der Waals surface area contributed by atoms with Crippen LogP contribution in [0.4, 0.5) is 17.6 Å². The van der Waals surface area contributed by atoms with E-state index in [1.165, 1.54) is 32.0 Å². The van der Waals surface area contributed by atoms with Crippen LogP contribution in [-0.4, -0.2) is 0 Å². The van der Waals surface area contributed by atoms with Gasteiger partial charge in [-0.25, -0.2) is 17.6 Å². The largest absolute Gasteiger partial charge is 0.204 e. The molecule has 27 heavy (non-hydrogen) atoms. The number of rotatable bonds is 2. The Balaban J connectivity index is 0.000000271. The Labute approximate surface area is 164 Å². The molecule has 0 aromatic heterocycles. The van der Waals surface area contributed by atoms with Crippen molar-refractivity contribution >= 4 is 15.9 Å². The van der Waals surface area contributed by atoms with E-state index < -0.39 is 34.1 Å². The van der Waals surface area contributed by atoms with Gasteiger partial charge < -0.3 is 0 Å². The van der Waals surface area contributed by atoms with Crippen molar-refractivity contribution < 1.29 is 17.6 Å². The Morgan fingerprint density at radius 2 is 1.26 bits per heavy atom. The minimum atomic E-state index is -1.03. The highest BCUT2D eigenvalue weighted by Gasteiger charge is 2.26. The van der Waals surface area contributed by atoms with Crippen molar-refractivity contribution in [3.63, 3.8) is 0 Å². The number of nitriles is 2. The molecule has 0 amide bonds. The maximum Gasteiger partial charge on any atom is 0.163 e. The zero-order valence-corrected chi connectivity index (χ0v) is 16.8. The van der Waals surface area contributed by atoms with Crippen molar-refractivity contribution in [3.8, 4) is 12.1 Å². The first-order valence-corrected chi connectivity index (χ1v) is 8.58. The summed E-state index contributed by atoms with van der Waals surface area (Å²) in [5.74, 6) is -3.76. The van der Waals surface area contributed by atoms with E-state index in [1.807, 2.05) is 12.1 Å². The van der Waals surface area contributed by atoms with Crippen molar-refractivity contribution in [2.24, 2.45) is 0 Å². The molecule has 0 unspecified atom stereocenters. The first-order valence-electron chi connectivity index (χ1n) is 7.79. The Kier molecular flexibility index (Phi) is 7.17. The van der Waals surface area contributed by atoms with Crippen molar-refractivity contribution in [1.29, 1.82) is 10.5 Å². The standard InChI is InChI=1S/C10H8BrF2N.C10H9F2N/c1-10(2,5-14)7-3-6(11)4-8(12)9(7)13;1-10(2,6-13)7-4-3-5-8(11)9(7)12/h3-4H,1-2H3;3-5H,1-2H3. The summed E-state index contributed by atoms with van der Waals surface area (Å²) in [7, 11) is 0. The summed E-state index contributed by atoms with van der Waals surface area (Å²) >= 11 is 3.05. The van der Waals surface area contributed by atoms with Crippen LogP contribution >= 0.6 is 15.9 Å². The van der Waals surface area contributed by atoms with E-state index in [9.17, 15) is 17.6 Å². The summed E-state index contributed by atoms with van der Waals surface area (Å²) in [5.41, 5.74) is -1.87. The fourth-order valence-electron chi connectivity index (χ4n) is 2.12. The first-order chi connectivity index (χ1) is 12.4. The van der Waals surface area contributed by atoms with Gasteiger partial charge in [-0.05, 0) is 45.9 Å². The first kappa shape index (κ1) is 22.7. The van der Waals surface area contributed by atoms with Gasteiger partial charge in [0.15, 0.2) is 23.3 Å². The molecule has 0 saturated heterocycles. The number of hydrogen-bond donors (Lipinski definition) is 0. The highest BCUT2D eigenvalue weighted by Crippen LogP contribution is 2.29. The van der Waals surface area contributed by atoms with Crippen LogP contribution in [0.5, 0.6) is 0 Å². The van der Waals surface area contributed by atoms with E-state index in [0.29, 0.717) is 4.47 Å². The topological polar surface area (TPSA) is 47.6 Å². The van der Waals surface area contributed by atoms with Crippen LogP contribution in [-0.2, 0) is 10.8 Å². The monoisotopic (exact) mass is 440 g/mol. The molecular weight excluding hydrogens is 424 g/mol. The second kappa shape index (κ2) is 8.54. The molecule has 0 radical (unpaired) electrons. The lowest BCUT2D eigenvalue weighted by atomic mass is 9.86. The zero-order chi connectivity index (χ0) is 21.0. The summed E-state index contributed by atoms with van der Waals surface area (Å²) in [6, 6.07) is 10.1. The molecule has 0 aliphatic rings. The molecule has 0 heterocycles. The minimum Gasteiger partial charge on any atom is -0.204 e. The molecule has 2 rings (SSSR count). The predicted molar refractivity (Wildman–Crippen MR) is 97.7 cm³/mol. The Hall–Kier alpha value is -2.38. The third-order valence-corrected chi connectivity index (χ3v) is 4.31. The Bertz CT molecular complexity index is 925. The van der Waals surface area contributed by atoms with Crippen LogP contribution in [0.15, 0.2) is 34.8 Å². The van der Waals surface area contributed by atoms with Gasteiger partial charge in [0.05, 0.1) is 23.0 Å². The zero-order valence-electron chi connectivity index (χ0n) is 15.2. The van der Waals surface area contributed by atoms with Crippen molar-refractivity contribution in [3.05, 3.63) is 69.2 Å². The molecule has 0 saturated carbocycles. The highest BCUT2D eigenvalue weighted by molar-refractivity contribution is 9.10. The second-order valence-corrected chi connectivity index (χ2v) is 7.74. The van der Waals surface area contributed by atoms with Crippen LogP contribution in [0, 0.1) is 45.9 Å². The molecule has 0 spiro atoms. The van der Waals surface area contributed by atoms with Crippen LogP contribution in [0.1, 0.15) is 38.8 Å². The van der Waals surface area contributed by atoms with E-state index >= 15 is 0 Å². The van der Waals surface area contributed by atoms with Crippen LogP contribution in [0.3, 0.4) is 0 Å². The highest BCUT2D eigenvalue weighted by atomic mass is 79.9. The average Bonchev–Trinajstić information content (AvgIpc) is 2.60. The van der Waals surface area contributed by atoms with Gasteiger partial charge in [-0.3, -0.25) is 0 Å². The molecular formula is C20H17BrF4N2. The Morgan fingerprint density at radius 1 is 0.778 bits per heavy atom. The smallest absolute Gasteiger partial charge is 0.163 e. The predicted octanol–water partition coefficient (Wildman–Crippen LogP) is 6.29. The third kappa shape index (κ3) is 5.30. The quantitative estimate of drug-likeness (QED) is 0.406. The van der Waals surface area contributed by atoms with Crippen LogP contribution in [0.2, 0.25) is 0 Å². The van der Waals surface area contributed by atoms with Crippen molar-refractivity contribution in [1.82, 2.24) is 0 Å². The Morgan fingerprint density at radius 3 is 1.78 bits per heavy atom. The molecule has 0 atom stereocenters. The molecule has 2 nitrogen and oxygen atoms in total. The number of hydrogen-bond acceptors (Lipinski definition) is 2. The number of benzene rings is 2. The van der Waals surface area contributed by atoms with Gasteiger partial charge in [-0.15, -0.1) is 0 Å². The maximum atomic E-state index is 13.3. The summed E-state index contributed by atoms with van der Waals surface area (Å²) in [5, 5.41) is 17.5. The molecule has 0 fully saturated rings. The van der Waals surface area contributed by atoms with Crippen LogP contribution < -0.4 is 0 Å². The molecule has 0 aliphatic heterocycles. The summed E-state index contributed by atoms with van der Waals surface area (Å²) in [4.78, 5) is 0. The van der Waals surface area contributed by atoms with E-state index in [4.69, 9.17) is 10.5 Å². The molecule has 142 valence electrons. The number of nitrogens with zero attached hydrogens (tertiary/aromatic N) is 2. The number of halogens is 5. The van der Waals surface area contributed by atoms with E-state index in [2.05, 4.69) is 15.9 Å². The van der Waals surface area contributed by atoms with E-state index in [1.54, 1.807) is 13.8 Å². The summed E-state index contributed by atoms with van der Waals surface area (Å²) in [6.07, 6.45) is 0. The fraction of sp³-hybridized carbons (Fsp3) is 0.300. The lowest BCUT2D eigenvalue weighted by Gasteiger charge is -2.17. The van der Waals surface area contributed by atoms with Crippen molar-refractivity contribution in [2.45, 2.75) is 38.5 Å². The van der Waals surface area contributed by atoms with Gasteiger partial charge in [0, 0.05) is 15.6 Å². The third-order valence-electron chi connectivity index (χ3n) is 3.85. The lowest BCUT2D eigenvalue weighted by Crippen LogP contribution is -2.17. The fourth-order valence-corrected chi connectivity index (χ4v) is 2.55. The lowest BCUT2D eigenvalue weighted by molar-refractivity contribution is 0.480. The van der Waals surface area contributed by atoms with Gasteiger partial charge in [0.25, 0.3) is 0 Å².